The van der Waals surface area contributed by atoms with Crippen LogP contribution in [0.4, 0.5) is 0 Å². The summed E-state index contributed by atoms with van der Waals surface area (Å²) in [6.45, 7) is 1.45. The van der Waals surface area contributed by atoms with Gasteiger partial charge in [0.15, 0.2) is 0 Å². The van der Waals surface area contributed by atoms with Gasteiger partial charge in [0.25, 0.3) is 0 Å². The van der Waals surface area contributed by atoms with Gasteiger partial charge in [-0.05, 0) is 19.3 Å². The lowest BCUT2D eigenvalue weighted by atomic mass is 9.85. The van der Waals surface area contributed by atoms with Gasteiger partial charge < -0.3 is 15.7 Å². The molecule has 1 saturated heterocycles. The predicted molar refractivity (Wildman–Crippen MR) is 62.1 cm³/mol. The first-order valence-corrected chi connectivity index (χ1v) is 6.40. The van der Waals surface area contributed by atoms with Gasteiger partial charge in [-0.2, -0.15) is 0 Å². The minimum absolute atomic E-state index is 0.156. The Morgan fingerprint density at radius 3 is 2.75 bits per heavy atom. The molecule has 2 rings (SSSR count). The van der Waals surface area contributed by atoms with Crippen molar-refractivity contribution in [1.29, 1.82) is 0 Å². The van der Waals surface area contributed by atoms with Crippen molar-refractivity contribution in [1.82, 2.24) is 10.6 Å². The van der Waals surface area contributed by atoms with E-state index in [9.17, 15) is 9.90 Å². The van der Waals surface area contributed by atoms with E-state index in [-0.39, 0.29) is 11.9 Å². The number of carbonyl (C=O) groups is 1. The maximum Gasteiger partial charge on any atom is 0.220 e. The maximum atomic E-state index is 11.0. The van der Waals surface area contributed by atoms with Crippen LogP contribution in [-0.2, 0) is 4.79 Å². The molecule has 4 heteroatoms. The molecule has 0 spiro atoms. The third-order valence-electron chi connectivity index (χ3n) is 3.71. The second kappa shape index (κ2) is 5.15. The zero-order valence-electron chi connectivity index (χ0n) is 9.80. The van der Waals surface area contributed by atoms with Gasteiger partial charge in [-0.25, -0.2) is 0 Å². The Hall–Kier alpha value is -0.610. The Labute approximate surface area is 96.8 Å². The molecular formula is C12H22N2O2. The zero-order chi connectivity index (χ0) is 11.4. The lowest BCUT2D eigenvalue weighted by molar-refractivity contribution is -0.119. The summed E-state index contributed by atoms with van der Waals surface area (Å²) in [5, 5.41) is 16.5. The summed E-state index contributed by atoms with van der Waals surface area (Å²) in [6, 6.07) is 0.264. The van der Waals surface area contributed by atoms with Gasteiger partial charge in [0.1, 0.15) is 0 Å². The van der Waals surface area contributed by atoms with E-state index in [2.05, 4.69) is 10.6 Å². The largest absolute Gasteiger partial charge is 0.389 e. The first-order chi connectivity index (χ1) is 7.68. The van der Waals surface area contributed by atoms with Crippen molar-refractivity contribution in [2.75, 3.05) is 13.1 Å². The standard InChI is InChI=1S/C12H22N2O2/c15-11-5-4-10(14-11)8-13-9-12(16)6-2-1-3-7-12/h10,13,16H,1-9H2,(H,14,15). The van der Waals surface area contributed by atoms with Crippen molar-refractivity contribution in [3.8, 4) is 0 Å². The van der Waals surface area contributed by atoms with Gasteiger partial charge >= 0.3 is 0 Å². The summed E-state index contributed by atoms with van der Waals surface area (Å²) in [7, 11) is 0. The van der Waals surface area contributed by atoms with Gasteiger partial charge in [-0.1, -0.05) is 19.3 Å². The molecule has 0 bridgehead atoms. The third kappa shape index (κ3) is 3.19. The Morgan fingerprint density at radius 1 is 1.38 bits per heavy atom. The molecule has 3 N–H and O–H groups in total. The van der Waals surface area contributed by atoms with E-state index in [4.69, 9.17) is 0 Å². The van der Waals surface area contributed by atoms with E-state index >= 15 is 0 Å². The highest BCUT2D eigenvalue weighted by atomic mass is 16.3. The maximum absolute atomic E-state index is 11.0. The highest BCUT2D eigenvalue weighted by molar-refractivity contribution is 5.78. The Morgan fingerprint density at radius 2 is 2.12 bits per heavy atom. The van der Waals surface area contributed by atoms with Gasteiger partial charge in [0.2, 0.25) is 5.91 Å². The van der Waals surface area contributed by atoms with Gasteiger partial charge in [0, 0.05) is 25.6 Å². The molecule has 0 aromatic carbocycles. The fourth-order valence-corrected chi connectivity index (χ4v) is 2.70. The number of aliphatic hydroxyl groups is 1. The van der Waals surface area contributed by atoms with Crippen LogP contribution >= 0.6 is 0 Å². The van der Waals surface area contributed by atoms with E-state index in [0.29, 0.717) is 13.0 Å². The van der Waals surface area contributed by atoms with Crippen LogP contribution in [0.2, 0.25) is 0 Å². The molecule has 2 fully saturated rings. The number of rotatable bonds is 4. The number of hydrogen-bond donors (Lipinski definition) is 3. The molecule has 1 heterocycles. The lowest BCUT2D eigenvalue weighted by Crippen LogP contribution is -2.45. The molecule has 92 valence electrons. The quantitative estimate of drug-likeness (QED) is 0.656. The van der Waals surface area contributed by atoms with Crippen molar-refractivity contribution in [2.45, 2.75) is 56.6 Å². The Bertz CT molecular complexity index is 249. The van der Waals surface area contributed by atoms with Crippen LogP contribution < -0.4 is 10.6 Å². The fraction of sp³-hybridized carbons (Fsp3) is 0.917. The van der Waals surface area contributed by atoms with Gasteiger partial charge in [-0.3, -0.25) is 4.79 Å². The van der Waals surface area contributed by atoms with Crippen molar-refractivity contribution < 1.29 is 9.90 Å². The summed E-state index contributed by atoms with van der Waals surface area (Å²) >= 11 is 0. The van der Waals surface area contributed by atoms with Crippen molar-refractivity contribution >= 4 is 5.91 Å². The number of carbonyl (C=O) groups excluding carboxylic acids is 1. The van der Waals surface area contributed by atoms with Crippen LogP contribution in [0.15, 0.2) is 0 Å². The monoisotopic (exact) mass is 226 g/mol. The van der Waals surface area contributed by atoms with Crippen LogP contribution in [0, 0.1) is 0 Å². The molecule has 16 heavy (non-hydrogen) atoms. The lowest BCUT2D eigenvalue weighted by Gasteiger charge is -2.32. The van der Waals surface area contributed by atoms with Crippen molar-refractivity contribution in [3.63, 3.8) is 0 Å². The molecular weight excluding hydrogens is 204 g/mol. The molecule has 1 unspecified atom stereocenters. The fourth-order valence-electron chi connectivity index (χ4n) is 2.70. The number of hydrogen-bond acceptors (Lipinski definition) is 3. The first-order valence-electron chi connectivity index (χ1n) is 6.40. The second-order valence-corrected chi connectivity index (χ2v) is 5.22. The van der Waals surface area contributed by atoms with Crippen LogP contribution in [0.25, 0.3) is 0 Å². The molecule has 0 aromatic heterocycles. The van der Waals surface area contributed by atoms with Crippen LogP contribution in [0.5, 0.6) is 0 Å². The smallest absolute Gasteiger partial charge is 0.220 e. The van der Waals surface area contributed by atoms with Gasteiger partial charge in [-0.15, -0.1) is 0 Å². The van der Waals surface area contributed by atoms with Gasteiger partial charge in [0.05, 0.1) is 5.60 Å². The molecule has 0 radical (unpaired) electrons. The third-order valence-corrected chi connectivity index (χ3v) is 3.71. The van der Waals surface area contributed by atoms with E-state index < -0.39 is 5.60 Å². The van der Waals surface area contributed by atoms with Crippen molar-refractivity contribution in [3.05, 3.63) is 0 Å². The number of nitrogens with one attached hydrogen (secondary N) is 2. The molecule has 2 aliphatic rings. The molecule has 1 aliphatic heterocycles. The molecule has 1 amide bonds. The normalized spacial score (nSPS) is 29.1. The summed E-state index contributed by atoms with van der Waals surface area (Å²) in [4.78, 5) is 11.0. The van der Waals surface area contributed by atoms with Crippen LogP contribution in [0.1, 0.15) is 44.9 Å². The average molecular weight is 226 g/mol. The summed E-state index contributed by atoms with van der Waals surface area (Å²) in [5.74, 6) is 0.156. The van der Waals surface area contributed by atoms with E-state index in [0.717, 1.165) is 38.6 Å². The van der Waals surface area contributed by atoms with E-state index in [1.54, 1.807) is 0 Å². The molecule has 1 atom stereocenters. The predicted octanol–water partition coefficient (Wildman–Crippen LogP) is 0.550. The highest BCUT2D eigenvalue weighted by Gasteiger charge is 2.29. The number of amides is 1. The minimum atomic E-state index is -0.499. The zero-order valence-corrected chi connectivity index (χ0v) is 9.80. The summed E-state index contributed by atoms with van der Waals surface area (Å²) in [6.07, 6.45) is 6.92. The topological polar surface area (TPSA) is 61.4 Å². The summed E-state index contributed by atoms with van der Waals surface area (Å²) in [5.41, 5.74) is -0.499. The average Bonchev–Trinajstić information content (AvgIpc) is 2.65. The first kappa shape index (κ1) is 11.9. The highest BCUT2D eigenvalue weighted by Crippen LogP contribution is 2.27. The van der Waals surface area contributed by atoms with E-state index in [1.165, 1.54) is 6.42 Å². The molecule has 4 nitrogen and oxygen atoms in total. The molecule has 1 saturated carbocycles. The SMILES string of the molecule is O=C1CCC(CNCC2(O)CCCCC2)N1. The molecule has 1 aliphatic carbocycles. The van der Waals surface area contributed by atoms with Crippen molar-refractivity contribution in [2.24, 2.45) is 0 Å². The second-order valence-electron chi connectivity index (χ2n) is 5.22. The molecule has 0 aromatic rings. The Kier molecular flexibility index (Phi) is 3.82. The van der Waals surface area contributed by atoms with E-state index in [1.807, 2.05) is 0 Å². The minimum Gasteiger partial charge on any atom is -0.389 e. The Balaban J connectivity index is 1.65. The summed E-state index contributed by atoms with van der Waals surface area (Å²) < 4.78 is 0. The van der Waals surface area contributed by atoms with Crippen LogP contribution in [0.3, 0.4) is 0 Å². The van der Waals surface area contributed by atoms with Crippen LogP contribution in [-0.4, -0.2) is 35.7 Å².